The van der Waals surface area contributed by atoms with Crippen molar-refractivity contribution in [2.24, 2.45) is 0 Å². The number of para-hydroxylation sites is 1. The van der Waals surface area contributed by atoms with E-state index in [0.29, 0.717) is 4.90 Å². The van der Waals surface area contributed by atoms with Crippen LogP contribution in [-0.4, -0.2) is 27.3 Å². The van der Waals surface area contributed by atoms with Crippen molar-refractivity contribution >= 4 is 21.1 Å². The van der Waals surface area contributed by atoms with Gasteiger partial charge in [-0.3, -0.25) is 0 Å². The summed E-state index contributed by atoms with van der Waals surface area (Å²) < 4.78 is 24.6. The van der Waals surface area contributed by atoms with Crippen molar-refractivity contribution in [3.05, 3.63) is 66.2 Å². The Labute approximate surface area is 138 Å². The second-order valence-electron chi connectivity index (χ2n) is 5.66. The van der Waals surface area contributed by atoms with Gasteiger partial charge < -0.3 is 4.90 Å². The van der Waals surface area contributed by atoms with Gasteiger partial charge in [0.1, 0.15) is 0 Å². The monoisotopic (exact) mass is 327 g/mol. The predicted molar refractivity (Wildman–Crippen MR) is 95.4 cm³/mol. The molecule has 3 rings (SSSR count). The molecular formula is C19H21NO2S. The second-order valence-corrected chi connectivity index (χ2v) is 7.91. The number of nitrogens with zero attached hydrogens (tertiary/aromatic N) is 1. The Hall–Kier alpha value is -2.07. The molecular weight excluding hydrogens is 306 g/mol. The van der Waals surface area contributed by atoms with E-state index in [2.05, 4.69) is 23.1 Å². The van der Waals surface area contributed by atoms with Crippen LogP contribution in [-0.2, 0) is 9.84 Å². The first kappa shape index (κ1) is 15.8. The summed E-state index contributed by atoms with van der Waals surface area (Å²) in [4.78, 5) is 2.59. The molecule has 2 aromatic rings. The lowest BCUT2D eigenvalue weighted by Gasteiger charge is -2.30. The van der Waals surface area contributed by atoms with Gasteiger partial charge in [0.05, 0.1) is 16.3 Å². The molecule has 0 aliphatic carbocycles. The van der Waals surface area contributed by atoms with Crippen molar-refractivity contribution < 1.29 is 8.42 Å². The highest BCUT2D eigenvalue weighted by atomic mass is 32.2. The van der Waals surface area contributed by atoms with Crippen molar-refractivity contribution in [1.82, 2.24) is 0 Å². The summed E-state index contributed by atoms with van der Waals surface area (Å²) in [5, 5.41) is 0. The predicted octanol–water partition coefficient (Wildman–Crippen LogP) is 3.77. The number of sulfone groups is 1. The van der Waals surface area contributed by atoms with Gasteiger partial charge in [-0.1, -0.05) is 55.5 Å². The number of hydrogen-bond donors (Lipinski definition) is 0. The van der Waals surface area contributed by atoms with Crippen LogP contribution in [0.2, 0.25) is 0 Å². The molecule has 0 atom stereocenters. The Morgan fingerprint density at radius 2 is 1.70 bits per heavy atom. The van der Waals surface area contributed by atoms with Crippen molar-refractivity contribution in [2.75, 3.05) is 23.7 Å². The van der Waals surface area contributed by atoms with Gasteiger partial charge in [0.25, 0.3) is 0 Å². The molecule has 0 fully saturated rings. The first-order valence-electron chi connectivity index (χ1n) is 7.93. The first-order chi connectivity index (χ1) is 11.1. The lowest BCUT2D eigenvalue weighted by Crippen LogP contribution is -2.29. The number of hydrogen-bond acceptors (Lipinski definition) is 3. The topological polar surface area (TPSA) is 37.4 Å². The second kappa shape index (κ2) is 6.59. The summed E-state index contributed by atoms with van der Waals surface area (Å²) in [6, 6.07) is 17.7. The van der Waals surface area contributed by atoms with Crippen LogP contribution in [0.1, 0.15) is 18.9 Å². The van der Waals surface area contributed by atoms with E-state index in [9.17, 15) is 8.42 Å². The van der Waals surface area contributed by atoms with Gasteiger partial charge in [0.2, 0.25) is 0 Å². The van der Waals surface area contributed by atoms with E-state index in [4.69, 9.17) is 0 Å². The zero-order valence-corrected chi connectivity index (χ0v) is 14.1. The fourth-order valence-corrected chi connectivity index (χ4v) is 4.05. The molecule has 1 heterocycles. The molecule has 2 aromatic carbocycles. The van der Waals surface area contributed by atoms with E-state index in [0.717, 1.165) is 25.2 Å². The van der Waals surface area contributed by atoms with Crippen molar-refractivity contribution in [3.63, 3.8) is 0 Å². The average molecular weight is 327 g/mol. The lowest BCUT2D eigenvalue weighted by molar-refractivity contribution is 0.597. The molecule has 4 heteroatoms. The van der Waals surface area contributed by atoms with Crippen LogP contribution >= 0.6 is 0 Å². The fourth-order valence-electron chi connectivity index (χ4n) is 2.94. The zero-order chi connectivity index (χ0) is 16.3. The lowest BCUT2D eigenvalue weighted by atomic mass is 9.99. The average Bonchev–Trinajstić information content (AvgIpc) is 2.62. The minimum absolute atomic E-state index is 0.128. The highest BCUT2D eigenvalue weighted by molar-refractivity contribution is 7.91. The normalized spacial score (nSPS) is 15.3. The Morgan fingerprint density at radius 1 is 1.00 bits per heavy atom. The van der Waals surface area contributed by atoms with Gasteiger partial charge in [-0.2, -0.15) is 0 Å². The molecule has 3 nitrogen and oxygen atoms in total. The Bertz CT molecular complexity index is 810. The third kappa shape index (κ3) is 3.32. The number of rotatable bonds is 4. The largest absolute Gasteiger partial charge is 0.366 e. The molecule has 0 spiro atoms. The van der Waals surface area contributed by atoms with E-state index >= 15 is 0 Å². The SMILES string of the molecule is CCS(=O)(=O)c1ccccc1N1CC=C(c2ccccc2)CC1. The van der Waals surface area contributed by atoms with Crippen molar-refractivity contribution in [3.8, 4) is 0 Å². The highest BCUT2D eigenvalue weighted by Crippen LogP contribution is 2.30. The van der Waals surface area contributed by atoms with Gasteiger partial charge in [-0.15, -0.1) is 0 Å². The molecule has 0 saturated heterocycles. The molecule has 1 aliphatic heterocycles. The third-order valence-corrected chi connectivity index (χ3v) is 6.05. The van der Waals surface area contributed by atoms with Crippen LogP contribution in [0, 0.1) is 0 Å². The molecule has 1 aliphatic rings. The van der Waals surface area contributed by atoms with Crippen LogP contribution in [0.4, 0.5) is 5.69 Å². The molecule has 0 saturated carbocycles. The molecule has 120 valence electrons. The zero-order valence-electron chi connectivity index (χ0n) is 13.3. The quantitative estimate of drug-likeness (QED) is 0.858. The van der Waals surface area contributed by atoms with Crippen LogP contribution in [0.25, 0.3) is 5.57 Å². The van der Waals surface area contributed by atoms with Gasteiger partial charge >= 0.3 is 0 Å². The summed E-state index contributed by atoms with van der Waals surface area (Å²) in [6.07, 6.45) is 3.12. The summed E-state index contributed by atoms with van der Waals surface area (Å²) in [5.41, 5.74) is 3.40. The standard InChI is InChI=1S/C19H21NO2S/c1-2-23(21,22)19-11-7-6-10-18(19)20-14-12-17(13-15-20)16-8-4-3-5-9-16/h3-12H,2,13-15H2,1H3. The molecule has 0 N–H and O–H groups in total. The molecule has 23 heavy (non-hydrogen) atoms. The van der Waals surface area contributed by atoms with Crippen molar-refractivity contribution in [2.45, 2.75) is 18.2 Å². The Balaban J connectivity index is 1.88. The maximum absolute atomic E-state index is 12.3. The minimum atomic E-state index is -3.21. The summed E-state index contributed by atoms with van der Waals surface area (Å²) in [5.74, 6) is 0.128. The Kier molecular flexibility index (Phi) is 4.53. The maximum atomic E-state index is 12.3. The van der Waals surface area contributed by atoms with Gasteiger partial charge in [-0.05, 0) is 29.7 Å². The van der Waals surface area contributed by atoms with E-state index in [1.807, 2.05) is 30.3 Å². The first-order valence-corrected chi connectivity index (χ1v) is 9.58. The van der Waals surface area contributed by atoms with Crippen LogP contribution in [0.3, 0.4) is 0 Å². The highest BCUT2D eigenvalue weighted by Gasteiger charge is 2.21. The van der Waals surface area contributed by atoms with E-state index < -0.39 is 9.84 Å². The van der Waals surface area contributed by atoms with E-state index in [1.54, 1.807) is 19.1 Å². The van der Waals surface area contributed by atoms with Gasteiger partial charge in [0, 0.05) is 13.1 Å². The smallest absolute Gasteiger partial charge is 0.180 e. The summed E-state index contributed by atoms with van der Waals surface area (Å²) in [6.45, 7) is 3.26. The number of anilines is 1. The van der Waals surface area contributed by atoms with Crippen molar-refractivity contribution in [1.29, 1.82) is 0 Å². The van der Waals surface area contributed by atoms with E-state index in [1.165, 1.54) is 11.1 Å². The van der Waals surface area contributed by atoms with Crippen LogP contribution in [0.15, 0.2) is 65.6 Å². The summed E-state index contributed by atoms with van der Waals surface area (Å²) in [7, 11) is -3.21. The molecule has 0 radical (unpaired) electrons. The maximum Gasteiger partial charge on any atom is 0.180 e. The molecule has 0 unspecified atom stereocenters. The van der Waals surface area contributed by atoms with E-state index in [-0.39, 0.29) is 5.75 Å². The molecule has 0 amide bonds. The van der Waals surface area contributed by atoms with Gasteiger partial charge in [-0.25, -0.2) is 8.42 Å². The molecule has 0 aromatic heterocycles. The summed E-state index contributed by atoms with van der Waals surface area (Å²) >= 11 is 0. The minimum Gasteiger partial charge on any atom is -0.366 e. The molecule has 0 bridgehead atoms. The van der Waals surface area contributed by atoms with Crippen LogP contribution < -0.4 is 4.90 Å². The number of benzene rings is 2. The van der Waals surface area contributed by atoms with Crippen LogP contribution in [0.5, 0.6) is 0 Å². The van der Waals surface area contributed by atoms with Gasteiger partial charge in [0.15, 0.2) is 9.84 Å². The Morgan fingerprint density at radius 3 is 2.35 bits per heavy atom. The fraction of sp³-hybridized carbons (Fsp3) is 0.263. The third-order valence-electron chi connectivity index (χ3n) is 4.27.